The first kappa shape index (κ1) is 24.2. The minimum absolute atomic E-state index is 0.131. The number of esters is 1. The summed E-state index contributed by atoms with van der Waals surface area (Å²) in [5.41, 5.74) is 5.86. The van der Waals surface area contributed by atoms with Gasteiger partial charge in [0.25, 0.3) is 5.91 Å². The van der Waals surface area contributed by atoms with Crippen LogP contribution in [0.25, 0.3) is 0 Å². The van der Waals surface area contributed by atoms with E-state index in [0.29, 0.717) is 34.8 Å². The van der Waals surface area contributed by atoms with E-state index >= 15 is 0 Å². The molecule has 4 fully saturated rings. The van der Waals surface area contributed by atoms with Gasteiger partial charge < -0.3 is 25.8 Å². The van der Waals surface area contributed by atoms with Crippen LogP contribution in [0.1, 0.15) is 56.6 Å². The Morgan fingerprint density at radius 3 is 2.19 bits per heavy atom. The maximum atomic E-state index is 12.7. The van der Waals surface area contributed by atoms with Gasteiger partial charge in [-0.15, -0.1) is 0 Å². The van der Waals surface area contributed by atoms with Crippen LogP contribution in [0.3, 0.4) is 0 Å². The minimum atomic E-state index is -0.762. The van der Waals surface area contributed by atoms with Gasteiger partial charge in [-0.25, -0.2) is 4.79 Å². The number of rotatable bonds is 9. The lowest BCUT2D eigenvalue weighted by molar-refractivity contribution is -0.150. The van der Waals surface area contributed by atoms with Crippen molar-refractivity contribution in [3.05, 3.63) is 60.2 Å². The molecule has 0 saturated heterocycles. The molecule has 3 amide bonds. The van der Waals surface area contributed by atoms with E-state index in [-0.39, 0.29) is 24.5 Å². The summed E-state index contributed by atoms with van der Waals surface area (Å²) in [5, 5.41) is 5.80. The Kier molecular flexibility index (Phi) is 6.85. The number of primary amides is 1. The third-order valence-electron chi connectivity index (χ3n) is 7.73. The van der Waals surface area contributed by atoms with E-state index in [4.69, 9.17) is 15.2 Å². The maximum absolute atomic E-state index is 12.7. The Bertz CT molecular complexity index is 1080. The Morgan fingerprint density at radius 1 is 0.917 bits per heavy atom. The van der Waals surface area contributed by atoms with Crippen LogP contribution in [-0.4, -0.2) is 30.1 Å². The van der Waals surface area contributed by atoms with Crippen LogP contribution in [0, 0.1) is 17.8 Å². The predicted octanol–water partition coefficient (Wildman–Crippen LogP) is 4.21. The minimum Gasteiger partial charge on any atom is -0.457 e. The molecule has 0 heterocycles. The van der Waals surface area contributed by atoms with Crippen LogP contribution in [0.5, 0.6) is 11.5 Å². The summed E-state index contributed by atoms with van der Waals surface area (Å²) >= 11 is 0. The largest absolute Gasteiger partial charge is 0.457 e. The van der Waals surface area contributed by atoms with Crippen LogP contribution in [0.4, 0.5) is 4.79 Å². The summed E-state index contributed by atoms with van der Waals surface area (Å²) in [7, 11) is 0. The SMILES string of the molecule is NC(=O)N[C@@H](CC(=O)OCC(=O)NC12CC3CC(CC(C3)C1)C2)c1cccc(Oc2ccccc2)c1. The molecule has 4 aliphatic rings. The fourth-order valence-electron chi connectivity index (χ4n) is 6.81. The van der Waals surface area contributed by atoms with Crippen molar-refractivity contribution in [1.82, 2.24) is 10.6 Å². The molecular weight excluding hydrogens is 458 g/mol. The Morgan fingerprint density at radius 2 is 1.56 bits per heavy atom. The molecule has 0 aliphatic heterocycles. The third kappa shape index (κ3) is 5.80. The van der Waals surface area contributed by atoms with E-state index in [1.165, 1.54) is 19.3 Å². The summed E-state index contributed by atoms with van der Waals surface area (Å²) in [6, 6.07) is 14.9. The number of nitrogens with one attached hydrogen (secondary N) is 2. The molecule has 4 aliphatic carbocycles. The molecular formula is C28H33N3O5. The highest BCUT2D eigenvalue weighted by Gasteiger charge is 2.51. The summed E-state index contributed by atoms with van der Waals surface area (Å²) in [6.45, 7) is -0.332. The summed E-state index contributed by atoms with van der Waals surface area (Å²) in [4.78, 5) is 36.9. The number of hydrogen-bond acceptors (Lipinski definition) is 5. The van der Waals surface area contributed by atoms with Crippen molar-refractivity contribution in [1.29, 1.82) is 0 Å². The second-order valence-corrected chi connectivity index (χ2v) is 10.7. The first-order valence-electron chi connectivity index (χ1n) is 12.7. The Hall–Kier alpha value is -3.55. The van der Waals surface area contributed by atoms with Crippen molar-refractivity contribution in [3.63, 3.8) is 0 Å². The zero-order valence-electron chi connectivity index (χ0n) is 20.3. The normalized spacial score (nSPS) is 26.6. The molecule has 0 aromatic heterocycles. The van der Waals surface area contributed by atoms with Crippen molar-refractivity contribution >= 4 is 17.9 Å². The van der Waals surface area contributed by atoms with Gasteiger partial charge in [0, 0.05) is 5.54 Å². The number of amides is 3. The van der Waals surface area contributed by atoms with Crippen molar-refractivity contribution in [2.24, 2.45) is 23.5 Å². The molecule has 8 nitrogen and oxygen atoms in total. The molecule has 4 saturated carbocycles. The monoisotopic (exact) mass is 491 g/mol. The first-order chi connectivity index (χ1) is 17.4. The lowest BCUT2D eigenvalue weighted by Crippen LogP contribution is -2.60. The van der Waals surface area contributed by atoms with Crippen LogP contribution in [-0.2, 0) is 14.3 Å². The summed E-state index contributed by atoms with van der Waals surface area (Å²) in [5.74, 6) is 2.49. The van der Waals surface area contributed by atoms with Gasteiger partial charge >= 0.3 is 12.0 Å². The summed E-state index contributed by atoms with van der Waals surface area (Å²) in [6.07, 6.45) is 6.80. The highest BCUT2D eigenvalue weighted by molar-refractivity contribution is 5.81. The van der Waals surface area contributed by atoms with Gasteiger partial charge in [0.2, 0.25) is 0 Å². The van der Waals surface area contributed by atoms with Gasteiger partial charge in [-0.05, 0) is 86.1 Å². The number of nitrogens with two attached hydrogens (primary N) is 1. The van der Waals surface area contributed by atoms with E-state index in [0.717, 1.165) is 19.3 Å². The zero-order valence-corrected chi connectivity index (χ0v) is 20.3. The zero-order chi connectivity index (χ0) is 25.1. The number of hydrogen-bond donors (Lipinski definition) is 3. The second-order valence-electron chi connectivity index (χ2n) is 10.7. The predicted molar refractivity (Wildman–Crippen MR) is 133 cm³/mol. The Labute approximate surface area is 210 Å². The van der Waals surface area contributed by atoms with Gasteiger partial charge in [0.05, 0.1) is 12.5 Å². The van der Waals surface area contributed by atoms with Gasteiger partial charge in [0.15, 0.2) is 6.61 Å². The van der Waals surface area contributed by atoms with Crippen molar-refractivity contribution < 1.29 is 23.9 Å². The molecule has 4 bridgehead atoms. The molecule has 8 heteroatoms. The second kappa shape index (κ2) is 10.2. The van der Waals surface area contributed by atoms with E-state index in [2.05, 4.69) is 10.6 Å². The van der Waals surface area contributed by atoms with Crippen molar-refractivity contribution in [2.45, 2.75) is 56.5 Å². The van der Waals surface area contributed by atoms with Crippen molar-refractivity contribution in [2.75, 3.05) is 6.61 Å². The first-order valence-corrected chi connectivity index (χ1v) is 12.7. The highest BCUT2D eigenvalue weighted by atomic mass is 16.5. The fraction of sp³-hybridized carbons (Fsp3) is 0.464. The highest BCUT2D eigenvalue weighted by Crippen LogP contribution is 2.55. The standard InChI is InChI=1S/C28H33N3O5/c29-27(34)30-24(21-5-4-8-23(12-21)36-22-6-2-1-3-7-22)13-26(33)35-17-25(32)31-28-14-18-9-19(15-28)11-20(10-18)16-28/h1-8,12,18-20,24H,9-11,13-17H2,(H,31,32)(H3,29,30,34)/t18?,19?,20?,24-,28?/m0/s1. The van der Waals surface area contributed by atoms with Crippen molar-refractivity contribution in [3.8, 4) is 11.5 Å². The average molecular weight is 492 g/mol. The number of para-hydroxylation sites is 1. The Balaban J connectivity index is 1.17. The number of benzene rings is 2. The maximum Gasteiger partial charge on any atom is 0.312 e. The van der Waals surface area contributed by atoms with E-state index in [1.807, 2.05) is 30.3 Å². The van der Waals surface area contributed by atoms with Gasteiger partial charge in [-0.2, -0.15) is 0 Å². The van der Waals surface area contributed by atoms with Gasteiger partial charge in [0.1, 0.15) is 11.5 Å². The molecule has 0 radical (unpaired) electrons. The quantitative estimate of drug-likeness (QED) is 0.454. The molecule has 190 valence electrons. The summed E-state index contributed by atoms with van der Waals surface area (Å²) < 4.78 is 11.2. The van der Waals surface area contributed by atoms with Gasteiger partial charge in [-0.3, -0.25) is 9.59 Å². The smallest absolute Gasteiger partial charge is 0.312 e. The van der Waals surface area contributed by atoms with E-state index in [9.17, 15) is 14.4 Å². The van der Waals surface area contributed by atoms with Gasteiger partial charge in [-0.1, -0.05) is 30.3 Å². The van der Waals surface area contributed by atoms with Crippen LogP contribution in [0.15, 0.2) is 54.6 Å². The fourth-order valence-corrected chi connectivity index (χ4v) is 6.81. The topological polar surface area (TPSA) is 120 Å². The number of carbonyl (C=O) groups is 3. The number of ether oxygens (including phenoxy) is 2. The average Bonchev–Trinajstić information content (AvgIpc) is 2.82. The molecule has 36 heavy (non-hydrogen) atoms. The van der Waals surface area contributed by atoms with Crippen LogP contribution < -0.4 is 21.1 Å². The van der Waals surface area contributed by atoms with Crippen LogP contribution >= 0.6 is 0 Å². The number of carbonyl (C=O) groups excluding carboxylic acids is 3. The molecule has 0 spiro atoms. The van der Waals surface area contributed by atoms with E-state index < -0.39 is 18.0 Å². The third-order valence-corrected chi connectivity index (χ3v) is 7.73. The molecule has 4 N–H and O–H groups in total. The molecule has 0 unspecified atom stereocenters. The molecule has 2 aromatic carbocycles. The molecule has 6 rings (SSSR count). The lowest BCUT2D eigenvalue weighted by Gasteiger charge is -2.56. The van der Waals surface area contributed by atoms with E-state index in [1.54, 1.807) is 24.3 Å². The lowest BCUT2D eigenvalue weighted by atomic mass is 9.53. The molecule has 1 atom stereocenters. The molecule has 2 aromatic rings. The number of urea groups is 1. The van der Waals surface area contributed by atoms with Crippen LogP contribution in [0.2, 0.25) is 0 Å².